The highest BCUT2D eigenvalue weighted by Crippen LogP contribution is 2.10. The number of nitrogens with zero attached hydrogens (tertiary/aromatic N) is 3. The monoisotopic (exact) mass is 284 g/mol. The van der Waals surface area contributed by atoms with Crippen LogP contribution in [-0.2, 0) is 6.54 Å². The minimum atomic E-state index is 0.615. The van der Waals surface area contributed by atoms with Crippen molar-refractivity contribution in [3.05, 3.63) is 32.9 Å². The molecule has 0 fully saturated rings. The van der Waals surface area contributed by atoms with Gasteiger partial charge in [-0.15, -0.1) is 11.3 Å². The van der Waals surface area contributed by atoms with Crippen molar-refractivity contribution in [2.24, 2.45) is 0 Å². The Morgan fingerprint density at radius 2 is 2.13 bits per heavy atom. The zero-order valence-corrected chi connectivity index (χ0v) is 10.5. The van der Waals surface area contributed by atoms with Crippen molar-refractivity contribution in [1.82, 2.24) is 15.0 Å². The smallest absolute Gasteiger partial charge is 0.222 e. The maximum atomic E-state index is 4.33. The van der Waals surface area contributed by atoms with E-state index < -0.39 is 0 Å². The van der Waals surface area contributed by atoms with Gasteiger partial charge in [-0.1, -0.05) is 0 Å². The van der Waals surface area contributed by atoms with Gasteiger partial charge in [-0.05, 0) is 22.9 Å². The lowest BCUT2D eigenvalue weighted by molar-refractivity contribution is 1.01. The van der Waals surface area contributed by atoms with Crippen LogP contribution >= 0.6 is 27.3 Å². The fourth-order valence-corrected chi connectivity index (χ4v) is 1.88. The molecule has 6 heteroatoms. The van der Waals surface area contributed by atoms with Crippen molar-refractivity contribution < 1.29 is 0 Å². The van der Waals surface area contributed by atoms with E-state index in [1.807, 2.05) is 12.3 Å². The minimum absolute atomic E-state index is 0.615. The van der Waals surface area contributed by atoms with Gasteiger partial charge in [0.1, 0.15) is 0 Å². The fraction of sp³-hybridized carbons (Fsp3) is 0.222. The molecular weight excluding hydrogens is 276 g/mol. The predicted octanol–water partition coefficient (Wildman–Crippen LogP) is 2.62. The van der Waals surface area contributed by atoms with Crippen molar-refractivity contribution >= 4 is 33.2 Å². The predicted molar refractivity (Wildman–Crippen MR) is 63.9 cm³/mol. The van der Waals surface area contributed by atoms with Gasteiger partial charge in [0.2, 0.25) is 5.95 Å². The van der Waals surface area contributed by atoms with Crippen molar-refractivity contribution in [2.75, 3.05) is 5.32 Å². The molecule has 0 unspecified atom stereocenters. The molecule has 15 heavy (non-hydrogen) atoms. The summed E-state index contributed by atoms with van der Waals surface area (Å²) in [6.45, 7) is 2.65. The zero-order valence-electron chi connectivity index (χ0n) is 8.07. The first kappa shape index (κ1) is 10.5. The van der Waals surface area contributed by atoms with Crippen LogP contribution in [0.3, 0.4) is 0 Å². The third-order valence-electron chi connectivity index (χ3n) is 1.71. The first-order valence-corrected chi connectivity index (χ1v) is 6.04. The lowest BCUT2D eigenvalue weighted by Crippen LogP contribution is -2.03. The molecule has 2 aromatic heterocycles. The number of rotatable bonds is 3. The number of hydrogen-bond acceptors (Lipinski definition) is 5. The summed E-state index contributed by atoms with van der Waals surface area (Å²) < 4.78 is 0.873. The molecule has 0 aliphatic heterocycles. The lowest BCUT2D eigenvalue weighted by atomic mass is 10.5. The Morgan fingerprint density at radius 1 is 1.40 bits per heavy atom. The number of anilines is 1. The number of halogens is 1. The summed E-state index contributed by atoms with van der Waals surface area (Å²) in [5.74, 6) is 0.615. The van der Waals surface area contributed by atoms with Crippen LogP contribution in [0.2, 0.25) is 0 Å². The normalized spacial score (nSPS) is 10.3. The molecule has 0 saturated carbocycles. The van der Waals surface area contributed by atoms with Gasteiger partial charge in [0.25, 0.3) is 0 Å². The maximum absolute atomic E-state index is 4.33. The molecule has 78 valence electrons. The SMILES string of the molecule is Cc1nc(CNc2ncc(Br)cn2)cs1. The van der Waals surface area contributed by atoms with Gasteiger partial charge < -0.3 is 5.32 Å². The van der Waals surface area contributed by atoms with Crippen LogP contribution in [0.5, 0.6) is 0 Å². The Kier molecular flexibility index (Phi) is 3.27. The Morgan fingerprint density at radius 3 is 2.73 bits per heavy atom. The summed E-state index contributed by atoms with van der Waals surface area (Å²) >= 11 is 4.92. The van der Waals surface area contributed by atoms with Crippen LogP contribution in [0.1, 0.15) is 10.7 Å². The molecule has 0 aromatic carbocycles. The largest absolute Gasteiger partial charge is 0.349 e. The van der Waals surface area contributed by atoms with Crippen molar-refractivity contribution in [3.8, 4) is 0 Å². The third kappa shape index (κ3) is 2.97. The summed E-state index contributed by atoms with van der Waals surface area (Å²) in [7, 11) is 0. The van der Waals surface area contributed by atoms with Gasteiger partial charge in [0.15, 0.2) is 0 Å². The van der Waals surface area contributed by atoms with E-state index >= 15 is 0 Å². The lowest BCUT2D eigenvalue weighted by Gasteiger charge is -2.01. The summed E-state index contributed by atoms with van der Waals surface area (Å²) in [4.78, 5) is 12.5. The standard InChI is InChI=1S/C9H9BrN4S/c1-6-14-8(5-15-6)4-13-9-11-2-7(10)3-12-9/h2-3,5H,4H2,1H3,(H,11,12,13). The van der Waals surface area contributed by atoms with Gasteiger partial charge in [-0.2, -0.15) is 0 Å². The second-order valence-electron chi connectivity index (χ2n) is 2.94. The number of thiazole rings is 1. The van der Waals surface area contributed by atoms with Gasteiger partial charge in [-0.25, -0.2) is 15.0 Å². The molecule has 0 aliphatic carbocycles. The zero-order chi connectivity index (χ0) is 10.7. The fourth-order valence-electron chi connectivity index (χ4n) is 1.06. The number of hydrogen-bond donors (Lipinski definition) is 1. The molecule has 2 aromatic rings. The van der Waals surface area contributed by atoms with Crippen LogP contribution in [0, 0.1) is 6.92 Å². The van der Waals surface area contributed by atoms with Gasteiger partial charge >= 0.3 is 0 Å². The molecule has 1 N–H and O–H groups in total. The van der Waals surface area contributed by atoms with E-state index in [0.29, 0.717) is 12.5 Å². The summed E-state index contributed by atoms with van der Waals surface area (Å²) in [6, 6.07) is 0. The molecule has 0 amide bonds. The highest BCUT2D eigenvalue weighted by molar-refractivity contribution is 9.10. The van der Waals surface area contributed by atoms with E-state index in [1.165, 1.54) is 0 Å². The first-order chi connectivity index (χ1) is 7.24. The average molecular weight is 285 g/mol. The number of aryl methyl sites for hydroxylation is 1. The summed E-state index contributed by atoms with van der Waals surface area (Å²) in [5.41, 5.74) is 1.02. The molecule has 4 nitrogen and oxygen atoms in total. The third-order valence-corrected chi connectivity index (χ3v) is 2.95. The Bertz CT molecular complexity index is 440. The highest BCUT2D eigenvalue weighted by Gasteiger charge is 1.99. The first-order valence-electron chi connectivity index (χ1n) is 4.36. The van der Waals surface area contributed by atoms with Gasteiger partial charge in [0.05, 0.1) is 21.7 Å². The van der Waals surface area contributed by atoms with Crippen molar-refractivity contribution in [1.29, 1.82) is 0 Å². The van der Waals surface area contributed by atoms with E-state index in [0.717, 1.165) is 15.2 Å². The van der Waals surface area contributed by atoms with Crippen LogP contribution < -0.4 is 5.32 Å². The van der Waals surface area contributed by atoms with Crippen LogP contribution in [0.25, 0.3) is 0 Å². The molecule has 0 bridgehead atoms. The summed E-state index contributed by atoms with van der Waals surface area (Å²) in [5, 5.41) is 6.20. The van der Waals surface area contributed by atoms with E-state index in [2.05, 4.69) is 36.2 Å². The number of nitrogens with one attached hydrogen (secondary N) is 1. The van der Waals surface area contributed by atoms with Crippen LogP contribution in [0.4, 0.5) is 5.95 Å². The molecule has 0 aliphatic rings. The van der Waals surface area contributed by atoms with Crippen molar-refractivity contribution in [2.45, 2.75) is 13.5 Å². The van der Waals surface area contributed by atoms with E-state index in [1.54, 1.807) is 23.7 Å². The molecule has 0 radical (unpaired) electrons. The highest BCUT2D eigenvalue weighted by atomic mass is 79.9. The van der Waals surface area contributed by atoms with Crippen LogP contribution in [0.15, 0.2) is 22.2 Å². The average Bonchev–Trinajstić information content (AvgIpc) is 2.64. The van der Waals surface area contributed by atoms with Gasteiger partial charge in [0, 0.05) is 17.8 Å². The van der Waals surface area contributed by atoms with E-state index in [9.17, 15) is 0 Å². The van der Waals surface area contributed by atoms with E-state index in [-0.39, 0.29) is 0 Å². The number of aromatic nitrogens is 3. The molecule has 0 saturated heterocycles. The molecule has 2 rings (SSSR count). The second kappa shape index (κ2) is 4.67. The molecular formula is C9H9BrN4S. The minimum Gasteiger partial charge on any atom is -0.349 e. The van der Waals surface area contributed by atoms with Gasteiger partial charge in [-0.3, -0.25) is 0 Å². The topological polar surface area (TPSA) is 50.7 Å². The Balaban J connectivity index is 1.96. The summed E-state index contributed by atoms with van der Waals surface area (Å²) in [6.07, 6.45) is 3.42. The maximum Gasteiger partial charge on any atom is 0.222 e. The molecule has 0 atom stereocenters. The Hall–Kier alpha value is -1.01. The molecule has 2 heterocycles. The Labute approximate surface area is 99.9 Å². The quantitative estimate of drug-likeness (QED) is 0.941. The van der Waals surface area contributed by atoms with Crippen LogP contribution in [-0.4, -0.2) is 15.0 Å². The van der Waals surface area contributed by atoms with E-state index in [4.69, 9.17) is 0 Å². The second-order valence-corrected chi connectivity index (χ2v) is 4.91. The molecule has 0 spiro atoms. The van der Waals surface area contributed by atoms with Crippen molar-refractivity contribution in [3.63, 3.8) is 0 Å².